The van der Waals surface area contributed by atoms with E-state index in [4.69, 9.17) is 21.4 Å². The Hall–Kier alpha value is -3.32. The van der Waals surface area contributed by atoms with Crippen LogP contribution in [0.25, 0.3) is 6.08 Å². The summed E-state index contributed by atoms with van der Waals surface area (Å²) < 4.78 is 14.8. The third-order valence-corrected chi connectivity index (χ3v) is 3.97. The number of benzene rings is 2. The summed E-state index contributed by atoms with van der Waals surface area (Å²) in [4.78, 5) is 34.3. The maximum atomic E-state index is 11.7. The molecule has 28 heavy (non-hydrogen) atoms. The van der Waals surface area contributed by atoms with E-state index in [1.165, 1.54) is 24.3 Å². The first-order valence-corrected chi connectivity index (χ1v) is 8.36. The molecule has 0 saturated heterocycles. The average molecular weight is 405 g/mol. The molecule has 0 atom stereocenters. The highest BCUT2D eigenvalue weighted by atomic mass is 35.5. The van der Waals surface area contributed by atoms with Gasteiger partial charge in [0.05, 0.1) is 24.8 Å². The van der Waals surface area contributed by atoms with Gasteiger partial charge in [0.1, 0.15) is 17.9 Å². The summed E-state index contributed by atoms with van der Waals surface area (Å²) in [5.74, 6) is -2.27. The Morgan fingerprint density at radius 3 is 2.11 bits per heavy atom. The molecule has 0 aromatic heterocycles. The van der Waals surface area contributed by atoms with Gasteiger partial charge in [0, 0.05) is 0 Å². The smallest absolute Gasteiger partial charge is 0.345 e. The lowest BCUT2D eigenvalue weighted by Gasteiger charge is -2.09. The van der Waals surface area contributed by atoms with Crippen molar-refractivity contribution >= 4 is 35.6 Å². The minimum absolute atomic E-state index is 0.185. The second-order valence-electron chi connectivity index (χ2n) is 5.52. The van der Waals surface area contributed by atoms with Crippen molar-refractivity contribution in [3.05, 3.63) is 69.8 Å². The highest BCUT2D eigenvalue weighted by Gasteiger charge is 2.19. The summed E-state index contributed by atoms with van der Waals surface area (Å²) >= 11 is 6.21. The van der Waals surface area contributed by atoms with Gasteiger partial charge in [0.25, 0.3) is 0 Å². The fourth-order valence-electron chi connectivity index (χ4n) is 2.22. The Labute approximate surface area is 166 Å². The predicted molar refractivity (Wildman–Crippen MR) is 101 cm³/mol. The van der Waals surface area contributed by atoms with E-state index in [1.807, 2.05) is 0 Å². The van der Waals surface area contributed by atoms with Gasteiger partial charge in [-0.25, -0.2) is 14.4 Å². The molecule has 0 fully saturated rings. The number of aromatic carboxylic acids is 1. The normalized spacial score (nSPS) is 9.96. The lowest BCUT2D eigenvalue weighted by molar-refractivity contribution is -0.143. The van der Waals surface area contributed by atoms with Crippen molar-refractivity contribution in [1.82, 2.24) is 0 Å². The number of methoxy groups -OCH3 is 2. The van der Waals surface area contributed by atoms with E-state index in [0.717, 1.165) is 19.8 Å². The maximum absolute atomic E-state index is 11.7. The molecular formula is C20H17ClO7. The standard InChI is InChI=1S/C20H17ClO7/c1-26-19(24)15(20(25)27-2)9-13-5-8-17(16(21)10-13)28-11-12-3-6-14(7-4-12)18(22)23/h3-10H,11H2,1-2H3,(H,22,23). The summed E-state index contributed by atoms with van der Waals surface area (Å²) in [6.07, 6.45) is 1.30. The molecule has 7 nitrogen and oxygen atoms in total. The topological polar surface area (TPSA) is 99.1 Å². The maximum Gasteiger partial charge on any atom is 0.345 e. The molecule has 0 spiro atoms. The second kappa shape index (κ2) is 9.57. The molecule has 2 rings (SSSR count). The van der Waals surface area contributed by atoms with Gasteiger partial charge in [0.2, 0.25) is 0 Å². The minimum atomic E-state index is -1.00. The van der Waals surface area contributed by atoms with Crippen LogP contribution in [0.3, 0.4) is 0 Å². The van der Waals surface area contributed by atoms with Crippen LogP contribution in [-0.4, -0.2) is 37.2 Å². The van der Waals surface area contributed by atoms with Gasteiger partial charge in [-0.05, 0) is 41.5 Å². The molecule has 1 N–H and O–H groups in total. The zero-order valence-corrected chi connectivity index (χ0v) is 15.9. The van der Waals surface area contributed by atoms with Gasteiger partial charge >= 0.3 is 17.9 Å². The van der Waals surface area contributed by atoms with Crippen LogP contribution in [0, 0.1) is 0 Å². The van der Waals surface area contributed by atoms with Crippen molar-refractivity contribution < 1.29 is 33.7 Å². The number of esters is 2. The molecule has 0 amide bonds. The number of carboxylic acid groups (broad SMARTS) is 1. The SMILES string of the molecule is COC(=O)C(=Cc1ccc(OCc2ccc(C(=O)O)cc2)c(Cl)c1)C(=O)OC. The van der Waals surface area contributed by atoms with Crippen LogP contribution in [0.5, 0.6) is 5.75 Å². The Balaban J connectivity index is 2.15. The molecule has 0 aliphatic heterocycles. The van der Waals surface area contributed by atoms with Crippen LogP contribution in [-0.2, 0) is 25.7 Å². The fourth-order valence-corrected chi connectivity index (χ4v) is 2.46. The number of ether oxygens (including phenoxy) is 3. The zero-order chi connectivity index (χ0) is 20.7. The molecule has 0 unspecified atom stereocenters. The van der Waals surface area contributed by atoms with Crippen molar-refractivity contribution in [2.24, 2.45) is 0 Å². The highest BCUT2D eigenvalue weighted by Crippen LogP contribution is 2.27. The van der Waals surface area contributed by atoms with Crippen molar-refractivity contribution in [1.29, 1.82) is 0 Å². The Bertz CT molecular complexity index is 899. The Morgan fingerprint density at radius 1 is 1.00 bits per heavy atom. The van der Waals surface area contributed by atoms with Crippen LogP contribution in [0.15, 0.2) is 48.0 Å². The number of carboxylic acids is 1. The first-order chi connectivity index (χ1) is 13.3. The zero-order valence-electron chi connectivity index (χ0n) is 15.1. The number of carbonyl (C=O) groups excluding carboxylic acids is 2. The summed E-state index contributed by atoms with van der Waals surface area (Å²) in [7, 11) is 2.32. The number of rotatable bonds is 7. The summed E-state index contributed by atoms with van der Waals surface area (Å²) in [5.41, 5.74) is 1.16. The van der Waals surface area contributed by atoms with E-state index >= 15 is 0 Å². The molecule has 0 aliphatic rings. The van der Waals surface area contributed by atoms with Crippen molar-refractivity contribution in [3.63, 3.8) is 0 Å². The molecule has 146 valence electrons. The van der Waals surface area contributed by atoms with Crippen LogP contribution in [0.1, 0.15) is 21.5 Å². The van der Waals surface area contributed by atoms with Crippen molar-refractivity contribution in [3.8, 4) is 5.75 Å². The quantitative estimate of drug-likeness (QED) is 0.327. The molecule has 0 saturated carbocycles. The third kappa shape index (κ3) is 5.34. The first-order valence-electron chi connectivity index (χ1n) is 7.98. The third-order valence-electron chi connectivity index (χ3n) is 3.67. The van der Waals surface area contributed by atoms with Gasteiger partial charge < -0.3 is 19.3 Å². The molecule has 0 aliphatic carbocycles. The van der Waals surface area contributed by atoms with E-state index in [-0.39, 0.29) is 22.8 Å². The van der Waals surface area contributed by atoms with Crippen LogP contribution in [0.2, 0.25) is 5.02 Å². The van der Waals surface area contributed by atoms with Gasteiger partial charge in [-0.15, -0.1) is 0 Å². The summed E-state index contributed by atoms with van der Waals surface area (Å²) in [5, 5.41) is 9.17. The number of hydrogen-bond acceptors (Lipinski definition) is 6. The van der Waals surface area contributed by atoms with Crippen molar-refractivity contribution in [2.45, 2.75) is 6.61 Å². The van der Waals surface area contributed by atoms with Crippen LogP contribution >= 0.6 is 11.6 Å². The highest BCUT2D eigenvalue weighted by molar-refractivity contribution is 6.32. The number of halogens is 1. The molecule has 8 heteroatoms. The molecule has 0 bridgehead atoms. The van der Waals surface area contributed by atoms with Crippen LogP contribution in [0.4, 0.5) is 0 Å². The van der Waals surface area contributed by atoms with Gasteiger partial charge in [-0.3, -0.25) is 0 Å². The Kier molecular flexibility index (Phi) is 7.17. The minimum Gasteiger partial charge on any atom is -0.487 e. The first kappa shape index (κ1) is 21.0. The second-order valence-corrected chi connectivity index (χ2v) is 5.93. The lowest BCUT2D eigenvalue weighted by Crippen LogP contribution is -2.15. The predicted octanol–water partition coefficient (Wildman–Crippen LogP) is 3.35. The lowest BCUT2D eigenvalue weighted by atomic mass is 10.1. The van der Waals surface area contributed by atoms with Gasteiger partial charge in [-0.1, -0.05) is 29.8 Å². The van der Waals surface area contributed by atoms with E-state index in [2.05, 4.69) is 9.47 Å². The van der Waals surface area contributed by atoms with E-state index in [1.54, 1.807) is 24.3 Å². The molecule has 0 radical (unpaired) electrons. The number of hydrogen-bond donors (Lipinski definition) is 1. The van der Waals surface area contributed by atoms with Crippen LogP contribution < -0.4 is 4.74 Å². The number of carbonyl (C=O) groups is 3. The molecular weight excluding hydrogens is 388 g/mol. The van der Waals surface area contributed by atoms with E-state index < -0.39 is 17.9 Å². The molecule has 2 aromatic rings. The fraction of sp³-hybridized carbons (Fsp3) is 0.150. The van der Waals surface area contributed by atoms with E-state index in [0.29, 0.717) is 11.3 Å². The molecule has 2 aromatic carbocycles. The largest absolute Gasteiger partial charge is 0.487 e. The summed E-state index contributed by atoms with van der Waals surface area (Å²) in [6, 6.07) is 11.0. The Morgan fingerprint density at radius 2 is 1.61 bits per heavy atom. The van der Waals surface area contributed by atoms with Gasteiger partial charge in [-0.2, -0.15) is 0 Å². The monoisotopic (exact) mass is 404 g/mol. The van der Waals surface area contributed by atoms with Gasteiger partial charge in [0.15, 0.2) is 0 Å². The average Bonchev–Trinajstić information content (AvgIpc) is 2.70. The molecule has 0 heterocycles. The van der Waals surface area contributed by atoms with Crippen molar-refractivity contribution in [2.75, 3.05) is 14.2 Å². The summed E-state index contributed by atoms with van der Waals surface area (Å²) in [6.45, 7) is 0.185. The van der Waals surface area contributed by atoms with E-state index in [9.17, 15) is 14.4 Å².